The van der Waals surface area contributed by atoms with Crippen LogP contribution in [0.25, 0.3) is 32.8 Å². The maximum absolute atomic E-state index is 15.7. The molecule has 3 fully saturated rings. The Labute approximate surface area is 443 Å². The second kappa shape index (κ2) is 20.7. The monoisotopic (exact) mass is 1060 g/mol. The number of amides is 5. The number of fused-ring (bicyclic) bond motifs is 3. The van der Waals surface area contributed by atoms with Crippen LogP contribution < -0.4 is 15.0 Å². The highest BCUT2D eigenvalue weighted by molar-refractivity contribution is 6.35. The van der Waals surface area contributed by atoms with Gasteiger partial charge < -0.3 is 28.7 Å². The number of anilines is 1. The lowest BCUT2D eigenvalue weighted by Gasteiger charge is -2.39. The molecule has 5 amide bonds. The van der Waals surface area contributed by atoms with Gasteiger partial charge >= 0.3 is 5.97 Å². The van der Waals surface area contributed by atoms with Gasteiger partial charge in [0.05, 0.1) is 39.7 Å². The van der Waals surface area contributed by atoms with E-state index in [1.54, 1.807) is 11.0 Å². The highest BCUT2D eigenvalue weighted by Crippen LogP contribution is 2.43. The van der Waals surface area contributed by atoms with Crippen molar-refractivity contribution in [3.63, 3.8) is 0 Å². The van der Waals surface area contributed by atoms with E-state index in [9.17, 15) is 33.2 Å². The molecule has 398 valence electrons. The standard InChI is InChI=1S/C57H61ClF2N8O8/c1-32-48(33(2)63(6)62-32)49-42(58)15-14-39-38(10-8-28-75-46-11-7-9-35-29-36(59)12-13-37(35)46)51(56(74)76-57(3,4)5)67(50(39)49)27-22-64-20-18-34(19-21-64)53(71)66-25-23-65(24-26-66)45-31-41-40(30-43(45)60)54(72)68(55(41)73)44-16-17-47(69)61-52(44)70/h7,9,11-15,29-31,34,44H,8,10,16-28H2,1-6H3,(H,61,69,70). The molecule has 0 bridgehead atoms. The Kier molecular flexibility index (Phi) is 14.3. The Morgan fingerprint density at radius 3 is 2.24 bits per heavy atom. The summed E-state index contributed by atoms with van der Waals surface area (Å²) in [4.78, 5) is 86.5. The molecule has 1 N–H and O–H groups in total. The molecular weight excluding hydrogens is 998 g/mol. The molecule has 0 spiro atoms. The summed E-state index contributed by atoms with van der Waals surface area (Å²) < 4.78 is 46.2. The topological polar surface area (TPSA) is 169 Å². The van der Waals surface area contributed by atoms with Crippen LogP contribution in [0.15, 0.2) is 60.7 Å². The number of carbonyl (C=O) groups excluding carboxylic acids is 6. The number of carbonyl (C=O) groups is 6. The number of nitrogens with zero attached hydrogens (tertiary/aromatic N) is 7. The van der Waals surface area contributed by atoms with Crippen LogP contribution in [0.4, 0.5) is 14.5 Å². The van der Waals surface area contributed by atoms with E-state index < -0.39 is 47.1 Å². The van der Waals surface area contributed by atoms with Gasteiger partial charge in [-0.25, -0.2) is 13.6 Å². The Morgan fingerprint density at radius 2 is 1.55 bits per heavy atom. The minimum atomic E-state index is -1.16. The van der Waals surface area contributed by atoms with E-state index in [4.69, 9.17) is 26.2 Å². The smallest absolute Gasteiger partial charge is 0.355 e. The van der Waals surface area contributed by atoms with E-state index >= 15 is 4.39 Å². The molecule has 76 heavy (non-hydrogen) atoms. The predicted molar refractivity (Wildman–Crippen MR) is 283 cm³/mol. The van der Waals surface area contributed by atoms with Gasteiger partial charge in [0, 0.05) is 86.2 Å². The number of nitrogens with one attached hydrogen (secondary N) is 1. The number of hydrogen-bond donors (Lipinski definition) is 1. The summed E-state index contributed by atoms with van der Waals surface area (Å²) in [5.74, 6) is -3.75. The number of esters is 1. The quantitative estimate of drug-likeness (QED) is 0.0673. The lowest BCUT2D eigenvalue weighted by molar-refractivity contribution is -0.138. The molecule has 3 saturated heterocycles. The minimum Gasteiger partial charge on any atom is -0.493 e. The number of aryl methyl sites for hydroxylation is 3. The molecule has 0 radical (unpaired) electrons. The Hall–Kier alpha value is -7.18. The van der Waals surface area contributed by atoms with Crippen molar-refractivity contribution in [2.24, 2.45) is 13.0 Å². The molecule has 6 heterocycles. The second-order valence-corrected chi connectivity index (χ2v) is 21.7. The number of ether oxygens (including phenoxy) is 2. The fraction of sp³-hybridized carbons (Fsp3) is 0.421. The Morgan fingerprint density at radius 1 is 0.842 bits per heavy atom. The van der Waals surface area contributed by atoms with E-state index in [1.807, 2.05) is 81.6 Å². The zero-order valence-electron chi connectivity index (χ0n) is 43.6. The molecule has 4 aliphatic rings. The largest absolute Gasteiger partial charge is 0.493 e. The molecule has 0 saturated carbocycles. The lowest BCUT2D eigenvalue weighted by atomic mass is 9.95. The van der Waals surface area contributed by atoms with Crippen molar-refractivity contribution >= 4 is 74.5 Å². The molecule has 19 heteroatoms. The van der Waals surface area contributed by atoms with Crippen molar-refractivity contribution in [1.82, 2.24) is 34.4 Å². The number of hydrogen-bond acceptors (Lipinski definition) is 11. The van der Waals surface area contributed by atoms with Gasteiger partial charge in [-0.05, 0) is 133 Å². The zero-order valence-corrected chi connectivity index (χ0v) is 44.3. The van der Waals surface area contributed by atoms with Gasteiger partial charge in [0.1, 0.15) is 34.7 Å². The highest BCUT2D eigenvalue weighted by atomic mass is 35.5. The van der Waals surface area contributed by atoms with Crippen LogP contribution in [0, 0.1) is 31.4 Å². The molecular formula is C57H61ClF2N8O8. The van der Waals surface area contributed by atoms with Gasteiger partial charge in [0.2, 0.25) is 17.7 Å². The minimum absolute atomic E-state index is 0.00803. The molecule has 10 rings (SSSR count). The van der Waals surface area contributed by atoms with Crippen LogP contribution in [0.2, 0.25) is 5.02 Å². The third-order valence-electron chi connectivity index (χ3n) is 15.3. The van der Waals surface area contributed by atoms with Gasteiger partial charge in [0.15, 0.2) is 0 Å². The molecule has 0 aliphatic carbocycles. The number of benzene rings is 4. The third-order valence-corrected chi connectivity index (χ3v) is 15.6. The summed E-state index contributed by atoms with van der Waals surface area (Å²) >= 11 is 7.21. The van der Waals surface area contributed by atoms with Gasteiger partial charge in [0.25, 0.3) is 11.8 Å². The average molecular weight is 1060 g/mol. The van der Waals surface area contributed by atoms with E-state index in [1.165, 1.54) is 18.2 Å². The summed E-state index contributed by atoms with van der Waals surface area (Å²) in [5.41, 5.74) is 4.63. The van der Waals surface area contributed by atoms with Crippen molar-refractivity contribution in [3.05, 3.63) is 111 Å². The molecule has 1 unspecified atom stereocenters. The Bertz CT molecular complexity index is 3370. The number of imide groups is 2. The van der Waals surface area contributed by atoms with Crippen molar-refractivity contribution in [1.29, 1.82) is 0 Å². The molecule has 4 aromatic carbocycles. The number of rotatable bonds is 13. The SMILES string of the molecule is Cc1nn(C)c(C)c1-c1c(Cl)ccc2c(CCCOc3cccc4cc(F)ccc34)c(C(=O)OC(C)(C)C)n(CCN3CCC(C(=O)N4CCN(c5cc6c(cc5F)C(=O)N(C5CCC(=O)NC5=O)C6=O)CC4)CC3)c12. The van der Waals surface area contributed by atoms with Crippen LogP contribution in [0.1, 0.15) is 101 Å². The first-order valence-corrected chi connectivity index (χ1v) is 26.4. The molecule has 2 aromatic heterocycles. The van der Waals surface area contributed by atoms with Crippen molar-refractivity contribution in [2.75, 3.05) is 57.3 Å². The van der Waals surface area contributed by atoms with Crippen LogP contribution >= 0.6 is 11.6 Å². The number of piperazine rings is 1. The first kappa shape index (κ1) is 52.3. The van der Waals surface area contributed by atoms with Crippen LogP contribution in [-0.2, 0) is 39.1 Å². The zero-order chi connectivity index (χ0) is 53.9. The first-order valence-electron chi connectivity index (χ1n) is 26.0. The van der Waals surface area contributed by atoms with Gasteiger partial charge in [-0.2, -0.15) is 5.10 Å². The van der Waals surface area contributed by atoms with Crippen LogP contribution in [0.5, 0.6) is 5.75 Å². The summed E-state index contributed by atoms with van der Waals surface area (Å²) in [6.07, 6.45) is 2.22. The summed E-state index contributed by atoms with van der Waals surface area (Å²) in [6.45, 7) is 13.3. The van der Waals surface area contributed by atoms with Gasteiger partial charge in [-0.3, -0.25) is 38.9 Å². The summed E-state index contributed by atoms with van der Waals surface area (Å²) in [7, 11) is 1.89. The third kappa shape index (κ3) is 9.92. The molecule has 6 aromatic rings. The van der Waals surface area contributed by atoms with E-state index in [2.05, 4.69) is 14.8 Å². The number of likely N-dealkylation sites (tertiary alicyclic amines) is 1. The molecule has 16 nitrogen and oxygen atoms in total. The van der Waals surface area contributed by atoms with Gasteiger partial charge in [-0.15, -0.1) is 0 Å². The summed E-state index contributed by atoms with van der Waals surface area (Å²) in [5, 5.41) is 9.85. The van der Waals surface area contributed by atoms with Crippen molar-refractivity contribution in [2.45, 2.75) is 91.3 Å². The van der Waals surface area contributed by atoms with E-state index in [-0.39, 0.29) is 47.3 Å². The molecule has 1 atom stereocenters. The number of halogens is 3. The van der Waals surface area contributed by atoms with Crippen molar-refractivity contribution < 1.29 is 47.0 Å². The lowest BCUT2D eigenvalue weighted by Crippen LogP contribution is -2.54. The fourth-order valence-electron chi connectivity index (χ4n) is 11.5. The Balaban J connectivity index is 0.843. The van der Waals surface area contributed by atoms with Crippen molar-refractivity contribution in [3.8, 4) is 16.9 Å². The highest BCUT2D eigenvalue weighted by Gasteiger charge is 2.46. The maximum atomic E-state index is 15.7. The second-order valence-electron chi connectivity index (χ2n) is 21.3. The fourth-order valence-corrected chi connectivity index (χ4v) is 11.7. The van der Waals surface area contributed by atoms with Crippen LogP contribution in [-0.4, -0.2) is 129 Å². The normalized spacial score (nSPS) is 17.8. The number of piperidine rings is 2. The average Bonchev–Trinajstić information content (AvgIpc) is 3.93. The molecule has 4 aliphatic heterocycles. The van der Waals surface area contributed by atoms with Gasteiger partial charge in [-0.1, -0.05) is 29.8 Å². The van der Waals surface area contributed by atoms with Crippen LogP contribution in [0.3, 0.4) is 0 Å². The summed E-state index contributed by atoms with van der Waals surface area (Å²) in [6, 6.07) is 15.2. The predicted octanol–water partition coefficient (Wildman–Crippen LogP) is 8.17. The van der Waals surface area contributed by atoms with E-state index in [0.29, 0.717) is 101 Å². The first-order chi connectivity index (χ1) is 36.3. The maximum Gasteiger partial charge on any atom is 0.355 e. The van der Waals surface area contributed by atoms with E-state index in [0.717, 1.165) is 60.7 Å². The number of aromatic nitrogens is 3.